The summed E-state index contributed by atoms with van der Waals surface area (Å²) in [6, 6.07) is 5.40. The highest BCUT2D eigenvalue weighted by Gasteiger charge is 2.49. The molecule has 3 atom stereocenters. The minimum absolute atomic E-state index is 0.0182. The molecule has 4 aliphatic rings. The molecule has 220 valence electrons. The highest BCUT2D eigenvalue weighted by molar-refractivity contribution is 6.04. The first kappa shape index (κ1) is 26.3. The monoisotopic (exact) mass is 587 g/mol. The fourth-order valence-electron chi connectivity index (χ4n) is 7.43. The van der Waals surface area contributed by atoms with Crippen molar-refractivity contribution in [1.82, 2.24) is 19.9 Å². The van der Waals surface area contributed by atoms with Crippen LogP contribution in [0.25, 0.3) is 32.9 Å². The molecule has 3 fully saturated rings. The Hall–Kier alpha value is -4.30. The van der Waals surface area contributed by atoms with Gasteiger partial charge in [0.1, 0.15) is 40.9 Å². The molecule has 0 amide bonds. The zero-order valence-corrected chi connectivity index (χ0v) is 23.2. The van der Waals surface area contributed by atoms with Crippen LogP contribution in [0.4, 0.5) is 19.0 Å². The molecule has 8 rings (SSSR count). The summed E-state index contributed by atoms with van der Waals surface area (Å²) in [5, 5.41) is 11.5. The molecular weight excluding hydrogens is 559 g/mol. The molecule has 2 aromatic heterocycles. The van der Waals surface area contributed by atoms with Gasteiger partial charge in [0, 0.05) is 36.9 Å². The number of piperidine rings is 1. The average molecular weight is 588 g/mol. The van der Waals surface area contributed by atoms with Crippen LogP contribution in [0.15, 0.2) is 24.3 Å². The fraction of sp³-hybridized carbons (Fsp3) is 0.406. The van der Waals surface area contributed by atoms with E-state index in [4.69, 9.17) is 20.9 Å². The van der Waals surface area contributed by atoms with Gasteiger partial charge in [-0.3, -0.25) is 4.90 Å². The Morgan fingerprint density at radius 3 is 2.86 bits per heavy atom. The molecule has 43 heavy (non-hydrogen) atoms. The Morgan fingerprint density at radius 1 is 1.12 bits per heavy atom. The van der Waals surface area contributed by atoms with Crippen molar-refractivity contribution in [3.05, 3.63) is 41.5 Å². The number of aromatic nitrogens is 3. The van der Waals surface area contributed by atoms with Crippen molar-refractivity contribution in [2.24, 2.45) is 0 Å². The second-order valence-corrected chi connectivity index (χ2v) is 11.9. The van der Waals surface area contributed by atoms with Crippen LogP contribution in [0, 0.1) is 24.0 Å². The maximum absolute atomic E-state index is 16.7. The van der Waals surface area contributed by atoms with Crippen LogP contribution in [-0.2, 0) is 0 Å². The molecule has 4 aromatic rings. The van der Waals surface area contributed by atoms with E-state index in [1.165, 1.54) is 24.3 Å². The summed E-state index contributed by atoms with van der Waals surface area (Å²) in [4.78, 5) is 17.9. The number of phenolic OH excluding ortho intramolecular Hbond substituents is 1. The predicted octanol–water partition coefficient (Wildman–Crippen LogP) is 5.47. The number of alkyl halides is 1. The SMILES string of the molecule is C#Cc1c(F)ccc2cc(O)cc(-c3nc4c5c(nc(OC[C@@]67CCCN6C[C@H](F)C7)nc5c3F)N3CCCC[C@@H]3O4)c12. The van der Waals surface area contributed by atoms with E-state index in [0.717, 1.165) is 32.2 Å². The molecule has 2 aromatic carbocycles. The summed E-state index contributed by atoms with van der Waals surface area (Å²) in [7, 11) is 0. The van der Waals surface area contributed by atoms with Gasteiger partial charge in [-0.15, -0.1) is 6.42 Å². The second kappa shape index (κ2) is 9.61. The standard InChI is InChI=1S/C32H28F3N5O3/c1-2-20-22(34)8-7-17-12-19(41)13-21(24(17)20)27-26(35)28-25-29(40-11-4-3-6-23(40)43-30(25)36-27)38-31(37-28)42-16-32-9-5-10-39(32)15-18(33)14-32/h1,7-8,12-13,18,23,41H,3-6,9-11,14-16H2/t18-,23+,32+/m1/s1. The molecule has 4 aliphatic heterocycles. The van der Waals surface area contributed by atoms with Gasteiger partial charge in [-0.1, -0.05) is 12.0 Å². The predicted molar refractivity (Wildman–Crippen MR) is 154 cm³/mol. The van der Waals surface area contributed by atoms with E-state index >= 15 is 4.39 Å². The van der Waals surface area contributed by atoms with Crippen LogP contribution in [0.1, 0.15) is 44.1 Å². The van der Waals surface area contributed by atoms with Gasteiger partial charge < -0.3 is 19.5 Å². The summed E-state index contributed by atoms with van der Waals surface area (Å²) in [5.74, 6) is 1.35. The van der Waals surface area contributed by atoms with Gasteiger partial charge in [0.05, 0.1) is 11.1 Å². The van der Waals surface area contributed by atoms with Gasteiger partial charge in [-0.05, 0) is 55.8 Å². The number of anilines is 1. The molecule has 0 bridgehead atoms. The first-order valence-corrected chi connectivity index (χ1v) is 14.6. The normalized spacial score (nSPS) is 24.6. The van der Waals surface area contributed by atoms with Crippen LogP contribution in [0.2, 0.25) is 0 Å². The van der Waals surface area contributed by atoms with Crippen LogP contribution < -0.4 is 14.4 Å². The van der Waals surface area contributed by atoms with Crippen molar-refractivity contribution in [3.63, 3.8) is 0 Å². The average Bonchev–Trinajstić information content (AvgIpc) is 3.53. The molecule has 0 aliphatic carbocycles. The van der Waals surface area contributed by atoms with Crippen LogP contribution >= 0.6 is 0 Å². The Labute approximate surface area is 245 Å². The van der Waals surface area contributed by atoms with E-state index in [2.05, 4.69) is 20.8 Å². The summed E-state index contributed by atoms with van der Waals surface area (Å²) < 4.78 is 58.4. The van der Waals surface area contributed by atoms with Crippen LogP contribution in [0.3, 0.4) is 0 Å². The second-order valence-electron chi connectivity index (χ2n) is 11.9. The molecule has 8 nitrogen and oxygen atoms in total. The van der Waals surface area contributed by atoms with Gasteiger partial charge in [0.2, 0.25) is 5.88 Å². The van der Waals surface area contributed by atoms with Crippen molar-refractivity contribution >= 4 is 27.5 Å². The minimum Gasteiger partial charge on any atom is -0.508 e. The lowest BCUT2D eigenvalue weighted by Crippen LogP contribution is -2.46. The number of benzene rings is 2. The van der Waals surface area contributed by atoms with Crippen LogP contribution in [-0.4, -0.2) is 69.1 Å². The molecule has 0 spiro atoms. The zero-order valence-electron chi connectivity index (χ0n) is 23.2. The molecule has 0 radical (unpaired) electrons. The number of fused-ring (bicyclic) bond motifs is 4. The van der Waals surface area contributed by atoms with Crippen molar-refractivity contribution in [1.29, 1.82) is 0 Å². The summed E-state index contributed by atoms with van der Waals surface area (Å²) in [6.45, 7) is 2.03. The maximum Gasteiger partial charge on any atom is 0.319 e. The third kappa shape index (κ3) is 3.99. The summed E-state index contributed by atoms with van der Waals surface area (Å²) in [6.07, 6.45) is 9.09. The van der Waals surface area contributed by atoms with Crippen LogP contribution in [0.5, 0.6) is 17.6 Å². The molecule has 0 unspecified atom stereocenters. The zero-order chi connectivity index (χ0) is 29.5. The molecular formula is C32H28F3N5O3. The van der Waals surface area contributed by atoms with Crippen molar-refractivity contribution in [2.75, 3.05) is 31.1 Å². The number of terminal acetylenes is 1. The number of phenols is 1. The van der Waals surface area contributed by atoms with Gasteiger partial charge in [0.25, 0.3) is 0 Å². The van der Waals surface area contributed by atoms with E-state index in [9.17, 15) is 13.9 Å². The third-order valence-corrected chi connectivity index (χ3v) is 9.36. The smallest absolute Gasteiger partial charge is 0.319 e. The Bertz CT molecular complexity index is 1860. The first-order valence-electron chi connectivity index (χ1n) is 14.6. The van der Waals surface area contributed by atoms with E-state index in [0.29, 0.717) is 42.5 Å². The fourth-order valence-corrected chi connectivity index (χ4v) is 7.43. The minimum atomic E-state index is -0.919. The number of nitrogens with zero attached hydrogens (tertiary/aromatic N) is 5. The number of ether oxygens (including phenoxy) is 2. The number of pyridine rings is 1. The van der Waals surface area contributed by atoms with Gasteiger partial charge >= 0.3 is 6.01 Å². The molecule has 3 saturated heterocycles. The number of hydrogen-bond donors (Lipinski definition) is 1. The lowest BCUT2D eigenvalue weighted by Gasteiger charge is -2.40. The lowest BCUT2D eigenvalue weighted by atomic mass is 9.95. The first-order chi connectivity index (χ1) is 20.8. The van der Waals surface area contributed by atoms with Crippen molar-refractivity contribution in [2.45, 2.75) is 56.5 Å². The maximum atomic E-state index is 16.7. The number of halogens is 3. The van der Waals surface area contributed by atoms with Crippen molar-refractivity contribution in [3.8, 4) is 41.2 Å². The summed E-state index contributed by atoms with van der Waals surface area (Å²) >= 11 is 0. The van der Waals surface area contributed by atoms with Crippen molar-refractivity contribution < 1.29 is 27.8 Å². The van der Waals surface area contributed by atoms with E-state index in [1.807, 2.05) is 4.90 Å². The lowest BCUT2D eigenvalue weighted by molar-refractivity contribution is 0.107. The van der Waals surface area contributed by atoms with E-state index in [-0.39, 0.29) is 58.2 Å². The Kier molecular flexibility index (Phi) is 5.88. The Balaban J connectivity index is 1.32. The molecule has 11 heteroatoms. The summed E-state index contributed by atoms with van der Waals surface area (Å²) in [5.41, 5.74) is -0.667. The largest absolute Gasteiger partial charge is 0.508 e. The van der Waals surface area contributed by atoms with Gasteiger partial charge in [-0.2, -0.15) is 9.97 Å². The van der Waals surface area contributed by atoms with Gasteiger partial charge in [-0.25, -0.2) is 18.2 Å². The van der Waals surface area contributed by atoms with Gasteiger partial charge in [0.15, 0.2) is 17.9 Å². The molecule has 0 saturated carbocycles. The molecule has 1 N–H and O–H groups in total. The third-order valence-electron chi connectivity index (χ3n) is 9.36. The quantitative estimate of drug-likeness (QED) is 0.315. The topological polar surface area (TPSA) is 83.8 Å². The highest BCUT2D eigenvalue weighted by atomic mass is 19.1. The number of rotatable bonds is 4. The number of aromatic hydroxyl groups is 1. The molecule has 6 heterocycles. The highest BCUT2D eigenvalue weighted by Crippen LogP contribution is 2.46. The van der Waals surface area contributed by atoms with E-state index < -0.39 is 23.3 Å². The number of hydrogen-bond acceptors (Lipinski definition) is 8. The Morgan fingerprint density at radius 2 is 2.00 bits per heavy atom. The van der Waals surface area contributed by atoms with E-state index in [1.54, 1.807) is 0 Å².